The lowest BCUT2D eigenvalue weighted by atomic mass is 9.72. The van der Waals surface area contributed by atoms with Gasteiger partial charge in [-0.1, -0.05) is 27.7 Å². The van der Waals surface area contributed by atoms with E-state index in [0.717, 1.165) is 11.8 Å². The van der Waals surface area contributed by atoms with Crippen LogP contribution in [0.4, 0.5) is 0 Å². The summed E-state index contributed by atoms with van der Waals surface area (Å²) in [5.74, 6) is 2.03. The van der Waals surface area contributed by atoms with E-state index in [1.165, 1.54) is 33.5 Å². The van der Waals surface area contributed by atoms with E-state index in [-0.39, 0.29) is 0 Å². The van der Waals surface area contributed by atoms with Gasteiger partial charge in [-0.3, -0.25) is 0 Å². The van der Waals surface area contributed by atoms with Crippen molar-refractivity contribution in [2.45, 2.75) is 86.9 Å². The van der Waals surface area contributed by atoms with Crippen molar-refractivity contribution in [2.24, 2.45) is 17.3 Å². The maximum atomic E-state index is 2.45. The number of hydrogen-bond donors (Lipinski definition) is 0. The van der Waals surface area contributed by atoms with Crippen LogP contribution in [0.15, 0.2) is 0 Å². The Morgan fingerprint density at radius 2 is 1.17 bits per heavy atom. The van der Waals surface area contributed by atoms with E-state index < -0.39 is 0 Å². The van der Waals surface area contributed by atoms with Gasteiger partial charge in [0, 0.05) is 0 Å². The van der Waals surface area contributed by atoms with Gasteiger partial charge in [0.2, 0.25) is 0 Å². The Hall–Kier alpha value is 0.730. The number of rotatable bonds is 2. The molecule has 0 heterocycles. The highest BCUT2D eigenvalue weighted by Gasteiger charge is 2.39. The predicted molar refractivity (Wildman–Crippen MR) is 76.6 cm³/mol. The van der Waals surface area contributed by atoms with Gasteiger partial charge >= 0.3 is 0 Å². The Morgan fingerprint density at radius 1 is 0.722 bits per heavy atom. The smallest absolute Gasteiger partial charge is 0.0625 e. The van der Waals surface area contributed by atoms with Crippen molar-refractivity contribution < 1.29 is 21.2 Å². The van der Waals surface area contributed by atoms with E-state index in [0.29, 0.717) is 26.6 Å². The highest BCUT2D eigenvalue weighted by molar-refractivity contribution is 4.80. The summed E-state index contributed by atoms with van der Waals surface area (Å²) in [6.45, 7) is 9.77. The molecular weight excluding hydrogens is 331 g/mol. The molecule has 2 fully saturated rings. The van der Waals surface area contributed by atoms with Gasteiger partial charge in [0.25, 0.3) is 21.2 Å². The molecule has 0 aromatic carbocycles. The molecule has 2 saturated carbocycles. The van der Waals surface area contributed by atoms with E-state index in [1.54, 1.807) is 25.7 Å². The van der Waals surface area contributed by atoms with E-state index in [1.807, 2.05) is 0 Å². The zero-order valence-corrected chi connectivity index (χ0v) is 15.0. The van der Waals surface area contributed by atoms with Crippen molar-refractivity contribution in [3.63, 3.8) is 0 Å². The zero-order valence-electron chi connectivity index (χ0n) is 12.8. The highest BCUT2D eigenvalue weighted by atomic mass is 127. The second kappa shape index (κ2) is 6.45. The summed E-state index contributed by atoms with van der Waals surface area (Å²) in [5.41, 5.74) is 0.559. The molecular formula is C17H32I+. The van der Waals surface area contributed by atoms with Crippen LogP contribution in [-0.4, -0.2) is 7.85 Å². The summed E-state index contributed by atoms with van der Waals surface area (Å²) in [4.78, 5) is 0. The van der Waals surface area contributed by atoms with Crippen molar-refractivity contribution in [3.8, 4) is 0 Å². The van der Waals surface area contributed by atoms with Gasteiger partial charge in [0.1, 0.15) is 0 Å². The standard InChI is InChI=1S/C17H32I/c1-13-5-9-15(10-6-13)18-16-11-7-14(8-12-16)17(2,3)4/h13-16H,5-12H2,1-4H3/q+1. The molecule has 0 aromatic heterocycles. The van der Waals surface area contributed by atoms with E-state index in [9.17, 15) is 0 Å². The van der Waals surface area contributed by atoms with E-state index in [2.05, 4.69) is 27.7 Å². The molecule has 0 N–H and O–H groups in total. The third-order valence-corrected chi connectivity index (χ3v) is 9.71. The Bertz CT molecular complexity index is 237. The van der Waals surface area contributed by atoms with Gasteiger partial charge in [-0.05, 0) is 68.6 Å². The first-order valence-electron chi connectivity index (χ1n) is 8.07. The first kappa shape index (κ1) is 15.1. The summed E-state index contributed by atoms with van der Waals surface area (Å²) in [6.07, 6.45) is 12.4. The Morgan fingerprint density at radius 3 is 1.61 bits per heavy atom. The number of alkyl halides is 2. The van der Waals surface area contributed by atoms with Gasteiger partial charge in [-0.25, -0.2) is 0 Å². The number of hydrogen-bond acceptors (Lipinski definition) is 0. The van der Waals surface area contributed by atoms with Crippen molar-refractivity contribution in [3.05, 3.63) is 0 Å². The highest BCUT2D eigenvalue weighted by Crippen LogP contribution is 2.36. The van der Waals surface area contributed by atoms with Crippen LogP contribution >= 0.6 is 0 Å². The molecule has 0 radical (unpaired) electrons. The fraction of sp³-hybridized carbons (Fsp3) is 1.00. The minimum Gasteiger partial charge on any atom is -0.0625 e. The first-order chi connectivity index (χ1) is 8.45. The summed E-state index contributed by atoms with van der Waals surface area (Å²) < 4.78 is 2.37. The lowest BCUT2D eigenvalue weighted by Crippen LogP contribution is -3.68. The fourth-order valence-corrected chi connectivity index (χ4v) is 7.96. The van der Waals surface area contributed by atoms with Crippen molar-refractivity contribution in [1.82, 2.24) is 0 Å². The average Bonchev–Trinajstić information content (AvgIpc) is 2.32. The minimum atomic E-state index is 0.507. The Balaban J connectivity index is 1.70. The SMILES string of the molecule is CC1CCC([I+]C2CCC(C(C)(C)C)CC2)CC1. The molecule has 106 valence electrons. The monoisotopic (exact) mass is 363 g/mol. The van der Waals surface area contributed by atoms with Crippen LogP contribution in [0.25, 0.3) is 0 Å². The molecule has 18 heavy (non-hydrogen) atoms. The van der Waals surface area contributed by atoms with Crippen LogP contribution in [0.3, 0.4) is 0 Å². The van der Waals surface area contributed by atoms with Crippen molar-refractivity contribution >= 4 is 0 Å². The molecule has 2 aliphatic carbocycles. The minimum absolute atomic E-state index is 0.507. The largest absolute Gasteiger partial charge is 0.275 e. The van der Waals surface area contributed by atoms with Gasteiger partial charge in [-0.15, -0.1) is 0 Å². The molecule has 0 aliphatic heterocycles. The Kier molecular flexibility index (Phi) is 5.42. The third-order valence-electron chi connectivity index (χ3n) is 5.18. The third kappa shape index (κ3) is 4.38. The van der Waals surface area contributed by atoms with Gasteiger partial charge in [0.05, 0.1) is 0 Å². The molecule has 0 aromatic rings. The lowest BCUT2D eigenvalue weighted by Gasteiger charge is -2.34. The molecule has 2 aliphatic rings. The normalized spacial score (nSPS) is 38.7. The predicted octanol–water partition coefficient (Wildman–Crippen LogP) is 2.26. The molecule has 0 amide bonds. The van der Waals surface area contributed by atoms with Crippen LogP contribution in [0.1, 0.15) is 79.1 Å². The Labute approximate surface area is 125 Å². The van der Waals surface area contributed by atoms with Gasteiger partial charge in [0.15, 0.2) is 7.85 Å². The lowest BCUT2D eigenvalue weighted by molar-refractivity contribution is -0.726. The van der Waals surface area contributed by atoms with E-state index >= 15 is 0 Å². The summed E-state index contributed by atoms with van der Waals surface area (Å²) in [7, 11) is 0. The van der Waals surface area contributed by atoms with Crippen LogP contribution in [0.2, 0.25) is 0 Å². The first-order valence-corrected chi connectivity index (χ1v) is 10.6. The molecule has 0 saturated heterocycles. The van der Waals surface area contributed by atoms with Crippen molar-refractivity contribution in [2.75, 3.05) is 0 Å². The second-order valence-corrected chi connectivity index (χ2v) is 12.0. The van der Waals surface area contributed by atoms with Crippen molar-refractivity contribution in [1.29, 1.82) is 0 Å². The summed E-state index contributed by atoms with van der Waals surface area (Å²) in [6, 6.07) is 0. The fourth-order valence-electron chi connectivity index (χ4n) is 3.64. The van der Waals surface area contributed by atoms with Crippen LogP contribution < -0.4 is 21.2 Å². The van der Waals surface area contributed by atoms with Crippen LogP contribution in [0.5, 0.6) is 0 Å². The van der Waals surface area contributed by atoms with Crippen LogP contribution in [-0.2, 0) is 0 Å². The average molecular weight is 363 g/mol. The maximum Gasteiger partial charge on any atom is 0.275 e. The van der Waals surface area contributed by atoms with Gasteiger partial charge < -0.3 is 0 Å². The molecule has 1 heteroatoms. The van der Waals surface area contributed by atoms with E-state index in [4.69, 9.17) is 0 Å². The molecule has 0 unspecified atom stereocenters. The summed E-state index contributed by atoms with van der Waals surface area (Å²) >= 11 is 0.507. The van der Waals surface area contributed by atoms with Crippen LogP contribution in [0, 0.1) is 17.3 Å². The zero-order chi connectivity index (χ0) is 13.2. The topological polar surface area (TPSA) is 0 Å². The second-order valence-electron chi connectivity index (χ2n) is 7.80. The molecule has 0 spiro atoms. The molecule has 0 nitrogen and oxygen atoms in total. The molecule has 0 bridgehead atoms. The number of halogens is 1. The maximum absolute atomic E-state index is 2.45. The molecule has 2 rings (SSSR count). The van der Waals surface area contributed by atoms with Gasteiger partial charge in [-0.2, -0.15) is 0 Å². The summed E-state index contributed by atoms with van der Waals surface area (Å²) in [5, 5.41) is 0. The molecule has 0 atom stereocenters. The quantitative estimate of drug-likeness (QED) is 0.522.